The molecule has 0 spiro atoms. The van der Waals surface area contributed by atoms with Gasteiger partial charge >= 0.3 is 0 Å². The molecule has 1 amide bonds. The van der Waals surface area contributed by atoms with Crippen molar-refractivity contribution in [1.82, 2.24) is 5.32 Å². The van der Waals surface area contributed by atoms with Gasteiger partial charge < -0.3 is 15.8 Å². The minimum absolute atomic E-state index is 0.0447. The lowest BCUT2D eigenvalue weighted by Gasteiger charge is -2.16. The van der Waals surface area contributed by atoms with Gasteiger partial charge in [0.25, 0.3) is 5.91 Å². The maximum absolute atomic E-state index is 11.9. The van der Waals surface area contributed by atoms with E-state index in [-0.39, 0.29) is 11.9 Å². The van der Waals surface area contributed by atoms with Crippen LogP contribution in [-0.2, 0) is 4.79 Å². The first-order chi connectivity index (χ1) is 9.54. The topological polar surface area (TPSA) is 64.3 Å². The second-order valence-corrected chi connectivity index (χ2v) is 5.12. The van der Waals surface area contributed by atoms with Gasteiger partial charge in [0.05, 0.1) is 0 Å². The maximum Gasteiger partial charge on any atom is 0.260 e. The number of nitrogens with one attached hydrogen (secondary N) is 1. The van der Waals surface area contributed by atoms with Crippen molar-refractivity contribution in [2.75, 3.05) is 6.54 Å². The van der Waals surface area contributed by atoms with Gasteiger partial charge in [0.1, 0.15) is 5.75 Å². The fourth-order valence-electron chi connectivity index (χ4n) is 1.86. The molecule has 112 valence electrons. The Kier molecular flexibility index (Phi) is 7.09. The molecule has 0 aliphatic rings. The highest BCUT2D eigenvalue weighted by Crippen LogP contribution is 2.18. The highest BCUT2D eigenvalue weighted by atomic mass is 16.5. The summed E-state index contributed by atoms with van der Waals surface area (Å²) in [7, 11) is 0. The summed E-state index contributed by atoms with van der Waals surface area (Å²) in [6.07, 6.45) is 2.78. The molecule has 2 atom stereocenters. The quantitative estimate of drug-likeness (QED) is 0.719. The minimum Gasteiger partial charge on any atom is -0.481 e. The Balaban J connectivity index is 2.46. The fourth-order valence-corrected chi connectivity index (χ4v) is 1.86. The summed E-state index contributed by atoms with van der Waals surface area (Å²) in [5.74, 6) is 0.600. The zero-order valence-corrected chi connectivity index (χ0v) is 12.7. The third kappa shape index (κ3) is 5.61. The molecule has 3 N–H and O–H groups in total. The molecule has 0 aromatic heterocycles. The van der Waals surface area contributed by atoms with Crippen molar-refractivity contribution >= 4 is 5.91 Å². The van der Waals surface area contributed by atoms with Crippen molar-refractivity contribution in [3.05, 3.63) is 29.8 Å². The maximum atomic E-state index is 11.9. The van der Waals surface area contributed by atoms with Gasteiger partial charge in [0.2, 0.25) is 0 Å². The number of benzene rings is 1. The van der Waals surface area contributed by atoms with E-state index < -0.39 is 6.10 Å². The van der Waals surface area contributed by atoms with Gasteiger partial charge in [0.15, 0.2) is 6.10 Å². The molecule has 1 unspecified atom stereocenters. The largest absolute Gasteiger partial charge is 0.481 e. The normalized spacial score (nSPS) is 13.6. The predicted octanol–water partition coefficient (Wildman–Crippen LogP) is 2.78. The number of ether oxygens (including phenoxy) is 1. The van der Waals surface area contributed by atoms with E-state index in [1.807, 2.05) is 31.2 Å². The molecule has 0 heterocycles. The Morgan fingerprint density at radius 2 is 2.10 bits per heavy atom. The van der Waals surface area contributed by atoms with Crippen LogP contribution in [0.25, 0.3) is 0 Å². The van der Waals surface area contributed by atoms with Crippen LogP contribution in [0.4, 0.5) is 0 Å². The lowest BCUT2D eigenvalue weighted by molar-refractivity contribution is -0.127. The number of rotatable bonds is 8. The van der Waals surface area contributed by atoms with Crippen LogP contribution >= 0.6 is 0 Å². The number of amides is 1. The predicted molar refractivity (Wildman–Crippen MR) is 81.7 cm³/mol. The van der Waals surface area contributed by atoms with Crippen LogP contribution in [0.5, 0.6) is 5.75 Å². The molecular formula is C16H26N2O2. The third-order valence-corrected chi connectivity index (χ3v) is 3.15. The summed E-state index contributed by atoms with van der Waals surface area (Å²) in [6.45, 7) is 6.52. The molecule has 4 heteroatoms. The van der Waals surface area contributed by atoms with Gasteiger partial charge in [-0.3, -0.25) is 4.79 Å². The van der Waals surface area contributed by atoms with Gasteiger partial charge in [-0.2, -0.15) is 0 Å². The van der Waals surface area contributed by atoms with Crippen molar-refractivity contribution in [2.45, 2.75) is 52.2 Å². The molecule has 1 aromatic carbocycles. The van der Waals surface area contributed by atoms with E-state index in [9.17, 15) is 4.79 Å². The van der Waals surface area contributed by atoms with Crippen LogP contribution in [0.15, 0.2) is 24.3 Å². The molecule has 4 nitrogen and oxygen atoms in total. The van der Waals surface area contributed by atoms with E-state index >= 15 is 0 Å². The number of carbonyl (C=O) groups excluding carboxylic acids is 1. The first kappa shape index (κ1) is 16.5. The SMILES string of the molecule is CCCCCNC(=O)C(C)Oc1cccc([C@@H](C)N)c1. The second kappa shape index (κ2) is 8.59. The average molecular weight is 278 g/mol. The summed E-state index contributed by atoms with van der Waals surface area (Å²) in [5.41, 5.74) is 6.83. The zero-order valence-electron chi connectivity index (χ0n) is 12.7. The molecule has 0 saturated heterocycles. The number of carbonyl (C=O) groups is 1. The summed E-state index contributed by atoms with van der Waals surface area (Å²) in [6, 6.07) is 7.52. The average Bonchev–Trinajstić information content (AvgIpc) is 2.43. The van der Waals surface area contributed by atoms with Gasteiger partial charge in [-0.1, -0.05) is 31.9 Å². The Morgan fingerprint density at radius 3 is 2.75 bits per heavy atom. The van der Waals surface area contributed by atoms with Crippen LogP contribution in [0.3, 0.4) is 0 Å². The number of hydrogen-bond donors (Lipinski definition) is 2. The van der Waals surface area contributed by atoms with Crippen LogP contribution in [-0.4, -0.2) is 18.6 Å². The standard InChI is InChI=1S/C16H26N2O2/c1-4-5-6-10-18-16(19)13(3)20-15-9-7-8-14(11-15)12(2)17/h7-9,11-13H,4-6,10,17H2,1-3H3,(H,18,19)/t12-,13?/m1/s1. The molecule has 1 aromatic rings. The molecule has 1 rings (SSSR count). The number of hydrogen-bond acceptors (Lipinski definition) is 3. The molecular weight excluding hydrogens is 252 g/mol. The Labute approximate surface area is 121 Å². The van der Waals surface area contributed by atoms with Crippen molar-refractivity contribution < 1.29 is 9.53 Å². The van der Waals surface area contributed by atoms with Gasteiger partial charge in [0, 0.05) is 12.6 Å². The third-order valence-electron chi connectivity index (χ3n) is 3.15. The summed E-state index contributed by atoms with van der Waals surface area (Å²) < 4.78 is 5.66. The van der Waals surface area contributed by atoms with E-state index in [0.29, 0.717) is 12.3 Å². The summed E-state index contributed by atoms with van der Waals surface area (Å²) >= 11 is 0. The smallest absolute Gasteiger partial charge is 0.260 e. The molecule has 0 saturated carbocycles. The van der Waals surface area contributed by atoms with E-state index in [2.05, 4.69) is 12.2 Å². The van der Waals surface area contributed by atoms with Crippen molar-refractivity contribution in [2.24, 2.45) is 5.73 Å². The van der Waals surface area contributed by atoms with Gasteiger partial charge in [-0.25, -0.2) is 0 Å². The Morgan fingerprint density at radius 1 is 1.35 bits per heavy atom. The van der Waals surface area contributed by atoms with Crippen molar-refractivity contribution in [3.8, 4) is 5.75 Å². The molecule has 0 aliphatic heterocycles. The van der Waals surface area contributed by atoms with Crippen molar-refractivity contribution in [3.63, 3.8) is 0 Å². The van der Waals surface area contributed by atoms with E-state index in [1.54, 1.807) is 6.92 Å². The molecule has 0 aliphatic carbocycles. The molecule has 20 heavy (non-hydrogen) atoms. The van der Waals surface area contributed by atoms with Crippen LogP contribution in [0.2, 0.25) is 0 Å². The highest BCUT2D eigenvalue weighted by molar-refractivity contribution is 5.80. The van der Waals surface area contributed by atoms with E-state index in [0.717, 1.165) is 24.8 Å². The number of nitrogens with two attached hydrogens (primary N) is 1. The zero-order chi connectivity index (χ0) is 15.0. The van der Waals surface area contributed by atoms with Gasteiger partial charge in [-0.15, -0.1) is 0 Å². The minimum atomic E-state index is -0.500. The first-order valence-corrected chi connectivity index (χ1v) is 7.34. The first-order valence-electron chi connectivity index (χ1n) is 7.34. The molecule has 0 fully saturated rings. The van der Waals surface area contributed by atoms with Gasteiger partial charge in [-0.05, 0) is 38.0 Å². The molecule has 0 radical (unpaired) electrons. The highest BCUT2D eigenvalue weighted by Gasteiger charge is 2.14. The van der Waals surface area contributed by atoms with E-state index in [1.165, 1.54) is 0 Å². The lowest BCUT2D eigenvalue weighted by atomic mass is 10.1. The molecule has 0 bridgehead atoms. The van der Waals surface area contributed by atoms with Crippen LogP contribution in [0.1, 0.15) is 51.6 Å². The lowest BCUT2D eigenvalue weighted by Crippen LogP contribution is -2.36. The fraction of sp³-hybridized carbons (Fsp3) is 0.562. The summed E-state index contributed by atoms with van der Waals surface area (Å²) in [5, 5.41) is 2.89. The second-order valence-electron chi connectivity index (χ2n) is 5.12. The Bertz CT molecular complexity index is 419. The Hall–Kier alpha value is -1.55. The monoisotopic (exact) mass is 278 g/mol. The van der Waals surface area contributed by atoms with Crippen LogP contribution < -0.4 is 15.8 Å². The van der Waals surface area contributed by atoms with Crippen molar-refractivity contribution in [1.29, 1.82) is 0 Å². The van der Waals surface area contributed by atoms with Crippen LogP contribution in [0, 0.1) is 0 Å². The summed E-state index contributed by atoms with van der Waals surface area (Å²) in [4.78, 5) is 11.9. The number of unbranched alkanes of at least 4 members (excludes halogenated alkanes) is 2. The van der Waals surface area contributed by atoms with E-state index in [4.69, 9.17) is 10.5 Å².